The highest BCUT2D eigenvalue weighted by Crippen LogP contribution is 2.24. The third-order valence-electron chi connectivity index (χ3n) is 6.20. The predicted octanol–water partition coefficient (Wildman–Crippen LogP) is 5.40. The van der Waals surface area contributed by atoms with Gasteiger partial charge in [0.1, 0.15) is 11.6 Å². The maximum absolute atomic E-state index is 12.6. The number of fused-ring (bicyclic) bond motifs is 1. The fourth-order valence-electron chi connectivity index (χ4n) is 4.38. The van der Waals surface area contributed by atoms with Crippen molar-refractivity contribution in [3.05, 3.63) is 59.9 Å². The second-order valence-corrected chi connectivity index (χ2v) is 8.59. The van der Waals surface area contributed by atoms with E-state index in [1.807, 2.05) is 30.3 Å². The molecule has 0 aliphatic heterocycles. The normalized spacial score (nSPS) is 14.6. The number of carbonyl (C=O) groups excluding carboxylic acids is 1. The van der Waals surface area contributed by atoms with Crippen molar-refractivity contribution in [2.75, 3.05) is 6.61 Å². The summed E-state index contributed by atoms with van der Waals surface area (Å²) in [5, 5.41) is 3.15. The smallest absolute Gasteiger partial charge is 0.223 e. The second-order valence-electron chi connectivity index (χ2n) is 8.59. The van der Waals surface area contributed by atoms with E-state index in [1.165, 1.54) is 24.8 Å². The van der Waals surface area contributed by atoms with E-state index in [2.05, 4.69) is 35.0 Å². The van der Waals surface area contributed by atoms with Gasteiger partial charge in [0.15, 0.2) is 0 Å². The molecule has 1 aliphatic carbocycles. The zero-order chi connectivity index (χ0) is 21.5. The number of nitrogens with one attached hydrogen (secondary N) is 1. The lowest BCUT2D eigenvalue weighted by Crippen LogP contribution is -2.32. The summed E-state index contributed by atoms with van der Waals surface area (Å²) in [6, 6.07) is 16.4. The van der Waals surface area contributed by atoms with Gasteiger partial charge >= 0.3 is 0 Å². The average Bonchev–Trinajstić information content (AvgIpc) is 3.16. The molecule has 4 rings (SSSR count). The zero-order valence-electron chi connectivity index (χ0n) is 18.5. The maximum atomic E-state index is 12.6. The van der Waals surface area contributed by atoms with Crippen molar-refractivity contribution in [1.29, 1.82) is 0 Å². The van der Waals surface area contributed by atoms with E-state index in [0.717, 1.165) is 54.8 Å². The molecule has 1 heterocycles. The molecular weight excluding hydrogens is 386 g/mol. The number of aryl methyl sites for hydroxylation is 2. The summed E-state index contributed by atoms with van der Waals surface area (Å²) in [5.74, 6) is 2.21. The molecule has 1 fully saturated rings. The lowest BCUT2D eigenvalue weighted by molar-refractivity contribution is -0.126. The maximum Gasteiger partial charge on any atom is 0.223 e. The minimum atomic E-state index is 0.172. The van der Waals surface area contributed by atoms with Crippen LogP contribution in [0.2, 0.25) is 0 Å². The van der Waals surface area contributed by atoms with Gasteiger partial charge in [0.05, 0.1) is 24.2 Å². The number of unbranched alkanes of at least 4 members (excludes halogenated alkanes) is 1. The van der Waals surface area contributed by atoms with Crippen molar-refractivity contribution in [2.45, 2.75) is 65.0 Å². The predicted molar refractivity (Wildman–Crippen MR) is 124 cm³/mol. The largest absolute Gasteiger partial charge is 0.494 e. The van der Waals surface area contributed by atoms with Crippen LogP contribution in [0.5, 0.6) is 5.75 Å². The van der Waals surface area contributed by atoms with Crippen LogP contribution in [0.3, 0.4) is 0 Å². The van der Waals surface area contributed by atoms with Gasteiger partial charge in [-0.3, -0.25) is 4.79 Å². The van der Waals surface area contributed by atoms with Crippen molar-refractivity contribution >= 4 is 16.9 Å². The number of ether oxygens (including phenoxy) is 1. The standard InChI is InChI=1S/C26H33N3O2/c1-20-13-15-22(16-14-20)31-18-8-7-17-29-24-12-6-5-11-23(24)28-25(29)19-27-26(30)21-9-3-2-4-10-21/h5-6,11-16,21H,2-4,7-10,17-19H2,1H3,(H,27,30). The second kappa shape index (κ2) is 10.5. The monoisotopic (exact) mass is 419 g/mol. The van der Waals surface area contributed by atoms with E-state index in [0.29, 0.717) is 13.2 Å². The summed E-state index contributed by atoms with van der Waals surface area (Å²) in [6.07, 6.45) is 7.59. The van der Waals surface area contributed by atoms with Gasteiger partial charge in [-0.25, -0.2) is 4.98 Å². The van der Waals surface area contributed by atoms with Crippen LogP contribution in [0.4, 0.5) is 0 Å². The molecule has 3 aromatic rings. The van der Waals surface area contributed by atoms with Crippen LogP contribution in [0.15, 0.2) is 48.5 Å². The number of imidazole rings is 1. The Kier molecular flexibility index (Phi) is 7.23. The topological polar surface area (TPSA) is 56.1 Å². The Morgan fingerprint density at radius 2 is 1.84 bits per heavy atom. The van der Waals surface area contributed by atoms with Crippen LogP contribution < -0.4 is 10.1 Å². The van der Waals surface area contributed by atoms with Gasteiger partial charge < -0.3 is 14.6 Å². The third kappa shape index (κ3) is 5.66. The fourth-order valence-corrected chi connectivity index (χ4v) is 4.38. The molecule has 0 bridgehead atoms. The molecule has 0 atom stereocenters. The lowest BCUT2D eigenvalue weighted by atomic mass is 9.89. The first kappa shape index (κ1) is 21.4. The van der Waals surface area contributed by atoms with Crippen LogP contribution in [0, 0.1) is 12.8 Å². The molecule has 164 valence electrons. The van der Waals surface area contributed by atoms with Gasteiger partial charge in [0.2, 0.25) is 5.91 Å². The van der Waals surface area contributed by atoms with Gasteiger partial charge in [-0.15, -0.1) is 0 Å². The summed E-state index contributed by atoms with van der Waals surface area (Å²) < 4.78 is 8.11. The Hall–Kier alpha value is -2.82. The molecule has 0 saturated heterocycles. The number of amides is 1. The Labute approximate surface area is 184 Å². The number of aromatic nitrogens is 2. The van der Waals surface area contributed by atoms with Crippen LogP contribution in [-0.4, -0.2) is 22.1 Å². The highest BCUT2D eigenvalue weighted by atomic mass is 16.5. The number of hydrogen-bond donors (Lipinski definition) is 1. The summed E-state index contributed by atoms with van der Waals surface area (Å²) in [6.45, 7) is 4.13. The molecule has 5 heteroatoms. The first-order chi connectivity index (χ1) is 15.2. The molecule has 31 heavy (non-hydrogen) atoms. The molecule has 1 aliphatic rings. The van der Waals surface area contributed by atoms with Crippen molar-refractivity contribution in [3.8, 4) is 5.75 Å². The van der Waals surface area contributed by atoms with Crippen molar-refractivity contribution in [1.82, 2.24) is 14.9 Å². The van der Waals surface area contributed by atoms with Crippen molar-refractivity contribution in [2.24, 2.45) is 5.92 Å². The number of rotatable bonds is 9. The Bertz CT molecular complexity index is 988. The SMILES string of the molecule is Cc1ccc(OCCCCn2c(CNC(=O)C3CCCCC3)nc3ccccc32)cc1. The number of hydrogen-bond acceptors (Lipinski definition) is 3. The van der Waals surface area contributed by atoms with E-state index in [4.69, 9.17) is 9.72 Å². The number of carbonyl (C=O) groups is 1. The van der Waals surface area contributed by atoms with Crippen LogP contribution in [-0.2, 0) is 17.9 Å². The van der Waals surface area contributed by atoms with Crippen LogP contribution in [0.25, 0.3) is 11.0 Å². The van der Waals surface area contributed by atoms with Crippen molar-refractivity contribution < 1.29 is 9.53 Å². The molecule has 0 unspecified atom stereocenters. The van der Waals surface area contributed by atoms with E-state index < -0.39 is 0 Å². The minimum absolute atomic E-state index is 0.172. The molecular formula is C26H33N3O2. The van der Waals surface area contributed by atoms with Gasteiger partial charge in [0, 0.05) is 12.5 Å². The highest BCUT2D eigenvalue weighted by molar-refractivity contribution is 5.79. The minimum Gasteiger partial charge on any atom is -0.494 e. The molecule has 5 nitrogen and oxygen atoms in total. The quantitative estimate of drug-likeness (QED) is 0.473. The van der Waals surface area contributed by atoms with Gasteiger partial charge in [-0.2, -0.15) is 0 Å². The van der Waals surface area contributed by atoms with Gasteiger partial charge in [-0.05, 0) is 56.9 Å². The molecule has 1 amide bonds. The summed E-state index contributed by atoms with van der Waals surface area (Å²) in [5.41, 5.74) is 3.35. The number of nitrogens with zero attached hydrogens (tertiary/aromatic N) is 2. The molecule has 2 aromatic carbocycles. The highest BCUT2D eigenvalue weighted by Gasteiger charge is 2.21. The first-order valence-electron chi connectivity index (χ1n) is 11.6. The molecule has 0 radical (unpaired) electrons. The molecule has 0 spiro atoms. The van der Waals surface area contributed by atoms with E-state index in [-0.39, 0.29) is 11.8 Å². The van der Waals surface area contributed by atoms with E-state index >= 15 is 0 Å². The van der Waals surface area contributed by atoms with E-state index in [9.17, 15) is 4.79 Å². The van der Waals surface area contributed by atoms with Crippen molar-refractivity contribution in [3.63, 3.8) is 0 Å². The van der Waals surface area contributed by atoms with Gasteiger partial charge in [0.25, 0.3) is 0 Å². The zero-order valence-corrected chi connectivity index (χ0v) is 18.5. The molecule has 1 saturated carbocycles. The number of benzene rings is 2. The first-order valence-corrected chi connectivity index (χ1v) is 11.6. The summed E-state index contributed by atoms with van der Waals surface area (Å²) in [4.78, 5) is 17.4. The third-order valence-corrected chi connectivity index (χ3v) is 6.20. The molecule has 1 aromatic heterocycles. The van der Waals surface area contributed by atoms with E-state index in [1.54, 1.807) is 0 Å². The van der Waals surface area contributed by atoms with Gasteiger partial charge in [-0.1, -0.05) is 49.1 Å². The van der Waals surface area contributed by atoms with Crippen LogP contribution >= 0.6 is 0 Å². The summed E-state index contributed by atoms with van der Waals surface area (Å²) >= 11 is 0. The summed E-state index contributed by atoms with van der Waals surface area (Å²) in [7, 11) is 0. The Morgan fingerprint density at radius 1 is 1.06 bits per heavy atom. The fraction of sp³-hybridized carbons (Fsp3) is 0.462. The molecule has 1 N–H and O–H groups in total. The number of para-hydroxylation sites is 2. The Balaban J connectivity index is 1.33. The Morgan fingerprint density at radius 3 is 2.65 bits per heavy atom. The average molecular weight is 420 g/mol. The lowest BCUT2D eigenvalue weighted by Gasteiger charge is -2.20. The van der Waals surface area contributed by atoms with Crippen LogP contribution in [0.1, 0.15) is 56.3 Å².